The van der Waals surface area contributed by atoms with Crippen molar-refractivity contribution in [2.45, 2.75) is 104 Å². The quantitative estimate of drug-likeness (QED) is 0.325. The zero-order valence-corrected chi connectivity index (χ0v) is 23.5. The molecule has 4 rings (SSSR count). The average molecular weight is 529 g/mol. The number of phenolic OH excluding ortho intramolecular Hbond substituents is 2. The number of fused-ring (bicyclic) bond motifs is 2. The van der Waals surface area contributed by atoms with Gasteiger partial charge in [-0.3, -0.25) is 9.59 Å². The van der Waals surface area contributed by atoms with E-state index in [4.69, 9.17) is 4.74 Å². The van der Waals surface area contributed by atoms with Crippen LogP contribution in [0.15, 0.2) is 18.2 Å². The van der Waals surface area contributed by atoms with Crippen molar-refractivity contribution >= 4 is 17.8 Å². The van der Waals surface area contributed by atoms with Crippen molar-refractivity contribution < 1.29 is 29.3 Å². The summed E-state index contributed by atoms with van der Waals surface area (Å²) in [5.41, 5.74) is 0.805. The van der Waals surface area contributed by atoms with Crippen LogP contribution < -0.4 is 5.32 Å². The standard InChI is InChI=1S/C30H44N2O6/c1-18(2)15-21(31-26(35)11-9-19-8-10-23(33)24(34)16-19)27(36)32-14-6-7-22(32)28(37)38-25-17-20-12-13-30(25,5)29(20,3)4/h8,10,16,18,20-22,25,33-34H,6-7,9,11-15,17H2,1-5H3,(H,31,35)/t20?,21-,22-,25?,30?/m0/s1. The highest BCUT2D eigenvalue weighted by Gasteiger charge is 2.63. The van der Waals surface area contributed by atoms with E-state index in [1.54, 1.807) is 11.0 Å². The summed E-state index contributed by atoms with van der Waals surface area (Å²) in [6.45, 7) is 11.3. The average Bonchev–Trinajstić information content (AvgIpc) is 3.47. The van der Waals surface area contributed by atoms with Crippen molar-refractivity contribution in [2.75, 3.05) is 6.54 Å². The molecule has 38 heavy (non-hydrogen) atoms. The Morgan fingerprint density at radius 3 is 2.47 bits per heavy atom. The molecule has 5 atom stereocenters. The normalized spacial score (nSPS) is 28.5. The molecule has 0 spiro atoms. The van der Waals surface area contributed by atoms with Gasteiger partial charge in [0, 0.05) is 18.4 Å². The number of hydrogen-bond acceptors (Lipinski definition) is 6. The Bertz CT molecular complexity index is 1070. The zero-order valence-electron chi connectivity index (χ0n) is 23.5. The van der Waals surface area contributed by atoms with E-state index in [1.807, 2.05) is 13.8 Å². The molecule has 1 aromatic rings. The Morgan fingerprint density at radius 1 is 1.13 bits per heavy atom. The number of aryl methyl sites for hydroxylation is 1. The molecule has 1 aromatic carbocycles. The topological polar surface area (TPSA) is 116 Å². The molecular weight excluding hydrogens is 484 g/mol. The van der Waals surface area contributed by atoms with Gasteiger partial charge in [0.15, 0.2) is 11.5 Å². The molecular formula is C30H44N2O6. The maximum Gasteiger partial charge on any atom is 0.329 e. The lowest BCUT2D eigenvalue weighted by Crippen LogP contribution is -2.53. The number of amides is 2. The van der Waals surface area contributed by atoms with Gasteiger partial charge in [-0.15, -0.1) is 0 Å². The summed E-state index contributed by atoms with van der Waals surface area (Å²) in [6.07, 6.45) is 5.28. The molecule has 0 radical (unpaired) electrons. The van der Waals surface area contributed by atoms with Crippen LogP contribution >= 0.6 is 0 Å². The molecule has 2 amide bonds. The maximum atomic E-state index is 13.7. The Hall–Kier alpha value is -2.77. The minimum absolute atomic E-state index is 0.0385. The van der Waals surface area contributed by atoms with E-state index in [2.05, 4.69) is 26.1 Å². The highest BCUT2D eigenvalue weighted by Crippen LogP contribution is 2.66. The van der Waals surface area contributed by atoms with E-state index in [-0.39, 0.29) is 58.6 Å². The molecule has 2 aliphatic carbocycles. The summed E-state index contributed by atoms with van der Waals surface area (Å²) in [5.74, 6) is -0.527. The monoisotopic (exact) mass is 528 g/mol. The van der Waals surface area contributed by atoms with Crippen LogP contribution in [0.25, 0.3) is 0 Å². The minimum Gasteiger partial charge on any atom is -0.504 e. The second-order valence-electron chi connectivity index (χ2n) is 12.8. The molecule has 8 nitrogen and oxygen atoms in total. The van der Waals surface area contributed by atoms with Crippen LogP contribution in [0.4, 0.5) is 0 Å². The van der Waals surface area contributed by atoms with Crippen molar-refractivity contribution in [2.24, 2.45) is 22.7 Å². The first-order chi connectivity index (χ1) is 17.8. The van der Waals surface area contributed by atoms with Crippen LogP contribution in [0.2, 0.25) is 0 Å². The third-order valence-corrected chi connectivity index (χ3v) is 9.80. The lowest BCUT2D eigenvalue weighted by Gasteiger charge is -2.39. The molecule has 3 N–H and O–H groups in total. The second-order valence-corrected chi connectivity index (χ2v) is 12.8. The largest absolute Gasteiger partial charge is 0.504 e. The molecule has 3 unspecified atom stereocenters. The van der Waals surface area contributed by atoms with E-state index < -0.39 is 12.1 Å². The molecule has 2 bridgehead atoms. The number of likely N-dealkylation sites (tertiary alicyclic amines) is 1. The smallest absolute Gasteiger partial charge is 0.329 e. The van der Waals surface area contributed by atoms with Crippen LogP contribution in [0, 0.1) is 22.7 Å². The van der Waals surface area contributed by atoms with Gasteiger partial charge in [-0.1, -0.05) is 40.7 Å². The van der Waals surface area contributed by atoms with Gasteiger partial charge in [-0.25, -0.2) is 4.79 Å². The molecule has 8 heteroatoms. The van der Waals surface area contributed by atoms with Crippen molar-refractivity contribution in [3.8, 4) is 11.5 Å². The number of carbonyl (C=O) groups excluding carboxylic acids is 3. The number of benzene rings is 1. The number of nitrogens with one attached hydrogen (secondary N) is 1. The fourth-order valence-corrected chi connectivity index (χ4v) is 6.94. The summed E-state index contributed by atoms with van der Waals surface area (Å²) in [6, 6.07) is 3.13. The van der Waals surface area contributed by atoms with Crippen molar-refractivity contribution in [1.29, 1.82) is 0 Å². The van der Waals surface area contributed by atoms with Crippen LogP contribution in [-0.2, 0) is 25.5 Å². The number of aromatic hydroxyl groups is 2. The van der Waals surface area contributed by atoms with Gasteiger partial charge in [0.05, 0.1) is 0 Å². The summed E-state index contributed by atoms with van der Waals surface area (Å²) >= 11 is 0. The summed E-state index contributed by atoms with van der Waals surface area (Å²) in [4.78, 5) is 41.5. The van der Waals surface area contributed by atoms with Crippen LogP contribution in [0.3, 0.4) is 0 Å². The van der Waals surface area contributed by atoms with Gasteiger partial charge in [0.1, 0.15) is 18.2 Å². The number of phenols is 2. The van der Waals surface area contributed by atoms with Gasteiger partial charge < -0.3 is 25.2 Å². The first-order valence-corrected chi connectivity index (χ1v) is 14.1. The van der Waals surface area contributed by atoms with Crippen LogP contribution in [0.1, 0.15) is 85.1 Å². The van der Waals surface area contributed by atoms with E-state index in [0.717, 1.165) is 19.3 Å². The lowest BCUT2D eigenvalue weighted by atomic mass is 9.70. The van der Waals surface area contributed by atoms with E-state index in [1.165, 1.54) is 18.6 Å². The summed E-state index contributed by atoms with van der Waals surface area (Å²) in [5, 5.41) is 22.1. The lowest BCUT2D eigenvalue weighted by molar-refractivity contribution is -0.165. The van der Waals surface area contributed by atoms with Crippen molar-refractivity contribution in [3.63, 3.8) is 0 Å². The minimum atomic E-state index is -0.719. The number of ether oxygens (including phenoxy) is 1. The highest BCUT2D eigenvalue weighted by molar-refractivity contribution is 5.91. The summed E-state index contributed by atoms with van der Waals surface area (Å²) in [7, 11) is 0. The van der Waals surface area contributed by atoms with Crippen molar-refractivity contribution in [1.82, 2.24) is 10.2 Å². The third-order valence-electron chi connectivity index (χ3n) is 9.80. The Balaban J connectivity index is 1.38. The molecule has 1 heterocycles. The first kappa shape index (κ1) is 28.2. The number of hydrogen-bond donors (Lipinski definition) is 3. The maximum absolute atomic E-state index is 13.7. The molecule has 0 aromatic heterocycles. The Labute approximate surface area is 226 Å². The first-order valence-electron chi connectivity index (χ1n) is 14.1. The van der Waals surface area contributed by atoms with Gasteiger partial charge in [-0.2, -0.15) is 0 Å². The van der Waals surface area contributed by atoms with E-state index in [0.29, 0.717) is 37.3 Å². The third kappa shape index (κ3) is 5.36. The molecule has 210 valence electrons. The Morgan fingerprint density at radius 2 is 1.87 bits per heavy atom. The van der Waals surface area contributed by atoms with Gasteiger partial charge >= 0.3 is 5.97 Å². The molecule has 2 saturated carbocycles. The van der Waals surface area contributed by atoms with Gasteiger partial charge in [-0.05, 0) is 79.9 Å². The van der Waals surface area contributed by atoms with Crippen LogP contribution in [-0.4, -0.2) is 57.6 Å². The zero-order chi connectivity index (χ0) is 27.8. The SMILES string of the molecule is CC(C)C[C@H](NC(=O)CCc1ccc(O)c(O)c1)C(=O)N1CCC[C@H]1C(=O)OC1CC2CCC1(C)C2(C)C. The molecule has 1 aliphatic heterocycles. The number of rotatable bonds is 9. The number of esters is 1. The molecule has 1 saturated heterocycles. The molecule has 3 fully saturated rings. The Kier molecular flexibility index (Phi) is 8.01. The number of carbonyl (C=O) groups is 3. The van der Waals surface area contributed by atoms with Crippen LogP contribution in [0.5, 0.6) is 11.5 Å². The van der Waals surface area contributed by atoms with Gasteiger partial charge in [0.2, 0.25) is 11.8 Å². The predicted molar refractivity (Wildman–Crippen MR) is 143 cm³/mol. The summed E-state index contributed by atoms with van der Waals surface area (Å²) < 4.78 is 6.14. The van der Waals surface area contributed by atoms with E-state index in [9.17, 15) is 24.6 Å². The van der Waals surface area contributed by atoms with E-state index >= 15 is 0 Å². The second kappa shape index (κ2) is 10.8. The number of nitrogens with zero attached hydrogens (tertiary/aromatic N) is 1. The van der Waals surface area contributed by atoms with Crippen molar-refractivity contribution in [3.05, 3.63) is 23.8 Å². The fraction of sp³-hybridized carbons (Fsp3) is 0.700. The van der Waals surface area contributed by atoms with Gasteiger partial charge in [0.25, 0.3) is 0 Å². The molecule has 3 aliphatic rings. The highest BCUT2D eigenvalue weighted by atomic mass is 16.5. The predicted octanol–water partition coefficient (Wildman–Crippen LogP) is 4.31. The fourth-order valence-electron chi connectivity index (χ4n) is 6.94.